The highest BCUT2D eigenvalue weighted by molar-refractivity contribution is 7.12. The second kappa shape index (κ2) is 4.78. The number of aliphatic hydroxyl groups excluding tert-OH is 1. The van der Waals surface area contributed by atoms with Crippen LogP contribution in [0.25, 0.3) is 11.3 Å². The number of aliphatic hydroxyl groups is 1. The molecule has 1 aromatic heterocycles. The van der Waals surface area contributed by atoms with Gasteiger partial charge in [-0.15, -0.1) is 11.3 Å². The molecule has 0 bridgehead atoms. The lowest BCUT2D eigenvalue weighted by Crippen LogP contribution is -2.21. The van der Waals surface area contributed by atoms with Crippen LogP contribution in [-0.2, 0) is 5.41 Å². The molecule has 0 aliphatic carbocycles. The third-order valence-electron chi connectivity index (χ3n) is 2.87. The van der Waals surface area contributed by atoms with E-state index in [2.05, 4.69) is 4.98 Å². The van der Waals surface area contributed by atoms with E-state index in [1.54, 1.807) is 17.4 Å². The first-order valence-corrected chi connectivity index (χ1v) is 6.60. The summed E-state index contributed by atoms with van der Waals surface area (Å²) in [5, 5.41) is 10.2. The maximum atomic E-state index is 13.2. The number of aryl methyl sites for hydroxylation is 1. The van der Waals surface area contributed by atoms with Crippen molar-refractivity contribution in [3.8, 4) is 11.3 Å². The summed E-state index contributed by atoms with van der Waals surface area (Å²) in [6.07, 6.45) is 0. The summed E-state index contributed by atoms with van der Waals surface area (Å²) in [5.74, 6) is -0.261. The molecule has 4 heteroatoms. The van der Waals surface area contributed by atoms with Gasteiger partial charge < -0.3 is 5.11 Å². The van der Waals surface area contributed by atoms with E-state index in [0.29, 0.717) is 0 Å². The van der Waals surface area contributed by atoms with Crippen molar-refractivity contribution in [2.45, 2.75) is 26.2 Å². The lowest BCUT2D eigenvalue weighted by molar-refractivity contribution is 0.218. The number of hydrogen-bond donors (Lipinski definition) is 1. The Hall–Kier alpha value is -1.26. The SMILES string of the molecule is Cc1sc(C(C)(C)CO)nc1-c1cccc(F)c1. The standard InChI is InChI=1S/C14H16FNOS/c1-9-12(10-5-4-6-11(15)7-10)16-13(18-9)14(2,3)8-17/h4-7,17H,8H2,1-3H3. The Kier molecular flexibility index (Phi) is 3.50. The monoisotopic (exact) mass is 265 g/mol. The van der Waals surface area contributed by atoms with Crippen LogP contribution in [0.15, 0.2) is 24.3 Å². The minimum Gasteiger partial charge on any atom is -0.395 e. The van der Waals surface area contributed by atoms with E-state index in [-0.39, 0.29) is 17.8 Å². The summed E-state index contributed by atoms with van der Waals surface area (Å²) in [4.78, 5) is 5.59. The van der Waals surface area contributed by atoms with Crippen molar-refractivity contribution in [1.82, 2.24) is 4.98 Å². The van der Waals surface area contributed by atoms with Crippen LogP contribution in [0.4, 0.5) is 4.39 Å². The van der Waals surface area contributed by atoms with Gasteiger partial charge in [-0.25, -0.2) is 9.37 Å². The largest absolute Gasteiger partial charge is 0.395 e. The zero-order valence-electron chi connectivity index (χ0n) is 10.7. The van der Waals surface area contributed by atoms with E-state index in [1.807, 2.05) is 26.8 Å². The van der Waals surface area contributed by atoms with E-state index in [1.165, 1.54) is 12.1 Å². The van der Waals surface area contributed by atoms with Gasteiger partial charge in [0.15, 0.2) is 0 Å². The smallest absolute Gasteiger partial charge is 0.123 e. The highest BCUT2D eigenvalue weighted by Gasteiger charge is 2.25. The van der Waals surface area contributed by atoms with Crippen LogP contribution in [0, 0.1) is 12.7 Å². The third-order valence-corrected chi connectivity index (χ3v) is 4.21. The number of benzene rings is 1. The summed E-state index contributed by atoms with van der Waals surface area (Å²) in [6.45, 7) is 5.90. The molecular weight excluding hydrogens is 249 g/mol. The fourth-order valence-electron chi connectivity index (χ4n) is 1.66. The van der Waals surface area contributed by atoms with Gasteiger partial charge in [0.2, 0.25) is 0 Å². The van der Waals surface area contributed by atoms with E-state index >= 15 is 0 Å². The van der Waals surface area contributed by atoms with E-state index < -0.39 is 0 Å². The average Bonchev–Trinajstić information content (AvgIpc) is 2.72. The molecule has 0 saturated carbocycles. The van der Waals surface area contributed by atoms with Crippen molar-refractivity contribution in [1.29, 1.82) is 0 Å². The Bertz CT molecular complexity index is 563. The van der Waals surface area contributed by atoms with Gasteiger partial charge in [-0.2, -0.15) is 0 Å². The van der Waals surface area contributed by atoms with Crippen molar-refractivity contribution in [3.63, 3.8) is 0 Å². The zero-order valence-corrected chi connectivity index (χ0v) is 11.5. The van der Waals surface area contributed by atoms with E-state index in [4.69, 9.17) is 0 Å². The maximum absolute atomic E-state index is 13.2. The molecule has 2 aromatic rings. The van der Waals surface area contributed by atoms with Crippen LogP contribution in [0.2, 0.25) is 0 Å². The number of rotatable bonds is 3. The Balaban J connectivity index is 2.48. The first-order chi connectivity index (χ1) is 8.44. The minimum absolute atomic E-state index is 0.0442. The predicted octanol–water partition coefficient (Wildman–Crippen LogP) is 3.53. The molecule has 0 radical (unpaired) electrons. The number of hydrogen-bond acceptors (Lipinski definition) is 3. The molecule has 18 heavy (non-hydrogen) atoms. The summed E-state index contributed by atoms with van der Waals surface area (Å²) in [6, 6.07) is 6.43. The van der Waals surface area contributed by atoms with Gasteiger partial charge in [0.25, 0.3) is 0 Å². The molecule has 0 amide bonds. The van der Waals surface area contributed by atoms with Gasteiger partial charge in [0.1, 0.15) is 10.8 Å². The average molecular weight is 265 g/mol. The molecule has 0 fully saturated rings. The van der Waals surface area contributed by atoms with Gasteiger partial charge in [-0.1, -0.05) is 26.0 Å². The number of thiazole rings is 1. The second-order valence-corrected chi connectivity index (χ2v) is 6.18. The Labute approximate surface area is 110 Å². The van der Waals surface area contributed by atoms with Crippen molar-refractivity contribution in [2.24, 2.45) is 0 Å². The first kappa shape index (κ1) is 13.2. The summed E-state index contributed by atoms with van der Waals surface area (Å²) in [5.41, 5.74) is 1.22. The summed E-state index contributed by atoms with van der Waals surface area (Å²) in [7, 11) is 0. The van der Waals surface area contributed by atoms with Crippen LogP contribution in [0.5, 0.6) is 0 Å². The molecule has 0 aliphatic rings. The molecule has 1 N–H and O–H groups in total. The Morgan fingerprint density at radius 1 is 1.39 bits per heavy atom. The Morgan fingerprint density at radius 3 is 2.72 bits per heavy atom. The molecule has 0 atom stereocenters. The van der Waals surface area contributed by atoms with Gasteiger partial charge >= 0.3 is 0 Å². The lowest BCUT2D eigenvalue weighted by atomic mass is 9.96. The van der Waals surface area contributed by atoms with Crippen molar-refractivity contribution in [2.75, 3.05) is 6.61 Å². The van der Waals surface area contributed by atoms with Crippen LogP contribution in [-0.4, -0.2) is 16.7 Å². The van der Waals surface area contributed by atoms with Gasteiger partial charge in [-0.05, 0) is 19.1 Å². The molecule has 0 unspecified atom stereocenters. The highest BCUT2D eigenvalue weighted by Crippen LogP contribution is 2.33. The van der Waals surface area contributed by atoms with Gasteiger partial charge in [0, 0.05) is 15.9 Å². The molecule has 0 aliphatic heterocycles. The quantitative estimate of drug-likeness (QED) is 0.921. The van der Waals surface area contributed by atoms with Crippen LogP contribution in [0.3, 0.4) is 0 Å². The highest BCUT2D eigenvalue weighted by atomic mass is 32.1. The van der Waals surface area contributed by atoms with Crippen molar-refractivity contribution < 1.29 is 9.50 Å². The summed E-state index contributed by atoms with van der Waals surface area (Å²) < 4.78 is 13.2. The van der Waals surface area contributed by atoms with E-state index in [9.17, 15) is 9.50 Å². The molecule has 2 rings (SSSR count). The zero-order chi connectivity index (χ0) is 13.3. The summed E-state index contributed by atoms with van der Waals surface area (Å²) >= 11 is 1.55. The third kappa shape index (κ3) is 2.44. The Morgan fingerprint density at radius 2 is 2.11 bits per heavy atom. The van der Waals surface area contributed by atoms with Crippen LogP contribution in [0.1, 0.15) is 23.7 Å². The predicted molar refractivity (Wildman–Crippen MR) is 72.4 cm³/mol. The molecule has 0 spiro atoms. The van der Waals surface area contributed by atoms with Crippen molar-refractivity contribution in [3.05, 3.63) is 40.0 Å². The molecule has 2 nitrogen and oxygen atoms in total. The van der Waals surface area contributed by atoms with Gasteiger partial charge in [0.05, 0.1) is 12.3 Å². The second-order valence-electron chi connectivity index (χ2n) is 4.98. The first-order valence-electron chi connectivity index (χ1n) is 5.79. The fourth-order valence-corrected chi connectivity index (χ4v) is 2.69. The van der Waals surface area contributed by atoms with Gasteiger partial charge in [-0.3, -0.25) is 0 Å². The lowest BCUT2D eigenvalue weighted by Gasteiger charge is -2.17. The molecule has 96 valence electrons. The van der Waals surface area contributed by atoms with Crippen LogP contribution >= 0.6 is 11.3 Å². The molecule has 1 aromatic carbocycles. The van der Waals surface area contributed by atoms with Crippen LogP contribution < -0.4 is 0 Å². The number of nitrogens with zero attached hydrogens (tertiary/aromatic N) is 1. The maximum Gasteiger partial charge on any atom is 0.123 e. The molecular formula is C14H16FNOS. The normalized spacial score (nSPS) is 11.8. The minimum atomic E-state index is -0.360. The van der Waals surface area contributed by atoms with E-state index in [0.717, 1.165) is 21.1 Å². The number of aromatic nitrogens is 1. The van der Waals surface area contributed by atoms with Crippen molar-refractivity contribution >= 4 is 11.3 Å². The topological polar surface area (TPSA) is 33.1 Å². The number of halogens is 1. The molecule has 1 heterocycles. The fraction of sp³-hybridized carbons (Fsp3) is 0.357. The molecule has 0 saturated heterocycles.